The molecular formula is C20H14BrFN4O5. The van der Waals surface area contributed by atoms with Crippen molar-refractivity contribution in [2.75, 3.05) is 5.43 Å². The van der Waals surface area contributed by atoms with E-state index in [0.717, 1.165) is 12.1 Å². The molecule has 0 aliphatic heterocycles. The summed E-state index contributed by atoms with van der Waals surface area (Å²) in [4.78, 5) is 20.5. The number of nitrogens with zero attached hydrogens (tertiary/aromatic N) is 3. The average Bonchev–Trinajstić information content (AvgIpc) is 2.74. The van der Waals surface area contributed by atoms with Gasteiger partial charge in [-0.05, 0) is 51.8 Å². The third-order valence-electron chi connectivity index (χ3n) is 4.08. The van der Waals surface area contributed by atoms with Crippen molar-refractivity contribution in [3.05, 3.63) is 102 Å². The van der Waals surface area contributed by atoms with E-state index in [1.807, 2.05) is 0 Å². The average molecular weight is 489 g/mol. The second-order valence-electron chi connectivity index (χ2n) is 6.16. The van der Waals surface area contributed by atoms with Gasteiger partial charge in [0.05, 0.1) is 26.6 Å². The first-order chi connectivity index (χ1) is 14.8. The van der Waals surface area contributed by atoms with Gasteiger partial charge in [0.25, 0.3) is 5.69 Å². The zero-order valence-electron chi connectivity index (χ0n) is 15.7. The van der Waals surface area contributed by atoms with Crippen LogP contribution in [0.2, 0.25) is 0 Å². The Labute approximate surface area is 183 Å². The molecule has 0 radical (unpaired) electrons. The van der Waals surface area contributed by atoms with Gasteiger partial charge in [0.1, 0.15) is 23.9 Å². The van der Waals surface area contributed by atoms with Crippen LogP contribution in [-0.4, -0.2) is 16.1 Å². The summed E-state index contributed by atoms with van der Waals surface area (Å²) in [5.74, 6) is 0.146. The van der Waals surface area contributed by atoms with E-state index in [9.17, 15) is 24.6 Å². The summed E-state index contributed by atoms with van der Waals surface area (Å²) in [7, 11) is 0. The SMILES string of the molecule is O=[N+]([O-])c1ccc(N/N=C/c2ccc(OCc3ccccc3F)c(Br)c2)c([N+](=O)[O-])c1. The van der Waals surface area contributed by atoms with Crippen molar-refractivity contribution in [3.63, 3.8) is 0 Å². The Morgan fingerprint density at radius 2 is 1.84 bits per heavy atom. The van der Waals surface area contributed by atoms with Crippen LogP contribution in [0.4, 0.5) is 21.5 Å². The first-order valence-corrected chi connectivity index (χ1v) is 9.52. The lowest BCUT2D eigenvalue weighted by atomic mass is 10.2. The minimum atomic E-state index is -0.733. The van der Waals surface area contributed by atoms with Crippen molar-refractivity contribution in [3.8, 4) is 5.75 Å². The quantitative estimate of drug-likeness (QED) is 0.256. The Bertz CT molecular complexity index is 1170. The maximum atomic E-state index is 13.7. The smallest absolute Gasteiger partial charge is 0.301 e. The number of hydrogen-bond acceptors (Lipinski definition) is 7. The number of hydrogen-bond donors (Lipinski definition) is 1. The van der Waals surface area contributed by atoms with Gasteiger partial charge < -0.3 is 4.74 Å². The fourth-order valence-corrected chi connectivity index (χ4v) is 3.05. The Balaban J connectivity index is 1.68. The maximum absolute atomic E-state index is 13.7. The molecule has 1 N–H and O–H groups in total. The van der Waals surface area contributed by atoms with Crippen molar-refractivity contribution in [1.82, 2.24) is 0 Å². The van der Waals surface area contributed by atoms with Crippen molar-refractivity contribution >= 4 is 39.2 Å². The number of rotatable bonds is 8. The zero-order valence-corrected chi connectivity index (χ0v) is 17.3. The van der Waals surface area contributed by atoms with Crippen molar-refractivity contribution in [2.45, 2.75) is 6.61 Å². The zero-order chi connectivity index (χ0) is 22.4. The molecule has 0 saturated carbocycles. The number of benzene rings is 3. The van der Waals surface area contributed by atoms with Crippen LogP contribution in [0.3, 0.4) is 0 Å². The third kappa shape index (κ3) is 5.60. The fraction of sp³-hybridized carbons (Fsp3) is 0.0500. The van der Waals surface area contributed by atoms with Crippen LogP contribution in [-0.2, 0) is 6.61 Å². The van der Waals surface area contributed by atoms with Crippen molar-refractivity contribution in [1.29, 1.82) is 0 Å². The van der Waals surface area contributed by atoms with Crippen LogP contribution in [0.1, 0.15) is 11.1 Å². The lowest BCUT2D eigenvalue weighted by molar-refractivity contribution is -0.393. The van der Waals surface area contributed by atoms with E-state index in [2.05, 4.69) is 26.5 Å². The van der Waals surface area contributed by atoms with Crippen LogP contribution in [0.15, 0.2) is 70.2 Å². The molecule has 0 aliphatic carbocycles. The molecule has 158 valence electrons. The Morgan fingerprint density at radius 3 is 2.52 bits per heavy atom. The summed E-state index contributed by atoms with van der Waals surface area (Å²) < 4.78 is 19.9. The van der Waals surface area contributed by atoms with E-state index in [1.54, 1.807) is 36.4 Å². The predicted octanol–water partition coefficient (Wildman–Crippen LogP) is 5.43. The predicted molar refractivity (Wildman–Crippen MR) is 116 cm³/mol. The normalized spacial score (nSPS) is 10.8. The number of anilines is 1. The highest BCUT2D eigenvalue weighted by molar-refractivity contribution is 9.10. The molecule has 0 atom stereocenters. The Hall–Kier alpha value is -3.86. The van der Waals surface area contributed by atoms with Gasteiger partial charge in [-0.3, -0.25) is 25.7 Å². The summed E-state index contributed by atoms with van der Waals surface area (Å²) >= 11 is 3.37. The highest BCUT2D eigenvalue weighted by atomic mass is 79.9. The molecule has 0 saturated heterocycles. The second-order valence-corrected chi connectivity index (χ2v) is 7.01. The molecule has 3 rings (SSSR count). The van der Waals surface area contributed by atoms with Gasteiger partial charge in [0.15, 0.2) is 0 Å². The maximum Gasteiger partial charge on any atom is 0.301 e. The van der Waals surface area contributed by atoms with E-state index in [4.69, 9.17) is 4.74 Å². The number of non-ortho nitro benzene ring substituents is 1. The number of hydrazone groups is 1. The first kappa shape index (κ1) is 21.8. The number of halogens is 2. The standard InChI is InChI=1S/C20H14BrFN4O5/c21-16-9-13(5-8-20(16)31-12-14-3-1-2-4-17(14)22)11-23-24-18-7-6-15(25(27)28)10-19(18)26(29)30/h1-11,24H,12H2/b23-11+. The van der Waals surface area contributed by atoms with Crippen molar-refractivity contribution < 1.29 is 19.0 Å². The second kappa shape index (κ2) is 9.76. The van der Waals surface area contributed by atoms with Gasteiger partial charge in [0.2, 0.25) is 0 Å². The fourth-order valence-electron chi connectivity index (χ4n) is 2.54. The van der Waals surface area contributed by atoms with Gasteiger partial charge in [-0.2, -0.15) is 5.10 Å². The Morgan fingerprint density at radius 1 is 1.06 bits per heavy atom. The van der Waals surface area contributed by atoms with Crippen LogP contribution < -0.4 is 10.2 Å². The summed E-state index contributed by atoms with van der Waals surface area (Å²) in [5.41, 5.74) is 2.73. The molecule has 0 heterocycles. The van der Waals surface area contributed by atoms with Crippen LogP contribution in [0, 0.1) is 26.0 Å². The van der Waals surface area contributed by atoms with E-state index in [0.29, 0.717) is 21.3 Å². The molecule has 0 bridgehead atoms. The summed E-state index contributed by atoms with van der Waals surface area (Å²) in [6.07, 6.45) is 1.41. The van der Waals surface area contributed by atoms with Crippen LogP contribution >= 0.6 is 15.9 Å². The first-order valence-electron chi connectivity index (χ1n) is 8.73. The molecule has 0 fully saturated rings. The molecule has 0 aromatic heterocycles. The number of nitrogens with one attached hydrogen (secondary N) is 1. The lowest BCUT2D eigenvalue weighted by Crippen LogP contribution is -2.00. The van der Waals surface area contributed by atoms with Gasteiger partial charge in [-0.1, -0.05) is 18.2 Å². The van der Waals surface area contributed by atoms with Crippen LogP contribution in [0.5, 0.6) is 5.75 Å². The molecular weight excluding hydrogens is 475 g/mol. The van der Waals surface area contributed by atoms with Gasteiger partial charge in [-0.25, -0.2) is 4.39 Å². The lowest BCUT2D eigenvalue weighted by Gasteiger charge is -2.09. The van der Waals surface area contributed by atoms with E-state index >= 15 is 0 Å². The van der Waals surface area contributed by atoms with E-state index in [-0.39, 0.29) is 18.1 Å². The number of nitro groups is 2. The molecule has 0 unspecified atom stereocenters. The summed E-state index contributed by atoms with van der Waals surface area (Å²) in [6, 6.07) is 14.6. The Kier molecular flexibility index (Phi) is 6.88. The largest absolute Gasteiger partial charge is 0.488 e. The highest BCUT2D eigenvalue weighted by Crippen LogP contribution is 2.29. The molecule has 0 aliphatic rings. The third-order valence-corrected chi connectivity index (χ3v) is 4.70. The monoisotopic (exact) mass is 488 g/mol. The van der Waals surface area contributed by atoms with Crippen LogP contribution in [0.25, 0.3) is 0 Å². The number of ether oxygens (including phenoxy) is 1. The molecule has 3 aromatic carbocycles. The number of nitro benzene ring substituents is 2. The summed E-state index contributed by atoms with van der Waals surface area (Å²) in [5, 5.41) is 25.9. The minimum absolute atomic E-state index is 0.00996. The molecule has 3 aromatic rings. The minimum Gasteiger partial charge on any atom is -0.488 e. The molecule has 11 heteroatoms. The highest BCUT2D eigenvalue weighted by Gasteiger charge is 2.19. The van der Waals surface area contributed by atoms with Gasteiger partial charge in [0, 0.05) is 11.6 Å². The molecule has 0 spiro atoms. The van der Waals surface area contributed by atoms with E-state index < -0.39 is 21.2 Å². The van der Waals surface area contributed by atoms with E-state index in [1.165, 1.54) is 18.3 Å². The molecule has 9 nitrogen and oxygen atoms in total. The topological polar surface area (TPSA) is 120 Å². The summed E-state index contributed by atoms with van der Waals surface area (Å²) in [6.45, 7) is 0.0596. The van der Waals surface area contributed by atoms with Gasteiger partial charge in [-0.15, -0.1) is 0 Å². The molecule has 0 amide bonds. The van der Waals surface area contributed by atoms with Crippen molar-refractivity contribution in [2.24, 2.45) is 5.10 Å². The molecule has 31 heavy (non-hydrogen) atoms. The van der Waals surface area contributed by atoms with Gasteiger partial charge >= 0.3 is 5.69 Å².